The molecule has 3 aromatic heterocycles. The zero-order valence-electron chi connectivity index (χ0n) is 39.3. The first-order chi connectivity index (χ1) is 31.7. The fraction of sp³-hybridized carbons (Fsp3) is 0.267. The topological polar surface area (TPSA) is 37.7 Å². The van der Waals surface area contributed by atoms with E-state index in [1.807, 2.05) is 0 Å². The average Bonchev–Trinajstić information content (AvgIpc) is 4.02. The smallest absolute Gasteiger partial charge is 0.252 e. The molecule has 2 atom stereocenters. The van der Waals surface area contributed by atoms with Gasteiger partial charge in [-0.2, -0.15) is 0 Å². The van der Waals surface area contributed by atoms with Crippen molar-refractivity contribution in [1.29, 1.82) is 0 Å². The summed E-state index contributed by atoms with van der Waals surface area (Å²) in [6.07, 6.45) is 4.72. The van der Waals surface area contributed by atoms with Crippen LogP contribution in [0.5, 0.6) is 0 Å². The van der Waals surface area contributed by atoms with Crippen LogP contribution in [0.2, 0.25) is 0 Å². The molecule has 6 heteroatoms. The van der Waals surface area contributed by atoms with Crippen LogP contribution in [0.15, 0.2) is 142 Å². The number of hydrogen-bond donors (Lipinski definition) is 0. The van der Waals surface area contributed by atoms with Gasteiger partial charge in [0.2, 0.25) is 5.71 Å². The fourth-order valence-electron chi connectivity index (χ4n) is 13.3. The number of anilines is 5. The summed E-state index contributed by atoms with van der Waals surface area (Å²) in [5, 5.41) is 5.83. The highest BCUT2D eigenvalue weighted by Crippen LogP contribution is 2.62. The van der Waals surface area contributed by atoms with E-state index in [1.54, 1.807) is 0 Å². The van der Waals surface area contributed by atoms with Gasteiger partial charge in [0, 0.05) is 55.4 Å². The molecule has 5 nitrogen and oxygen atoms in total. The lowest BCUT2D eigenvalue weighted by molar-refractivity contribution is 0.195. The first-order valence-electron chi connectivity index (χ1n) is 24.2. The second-order valence-corrected chi connectivity index (χ2v) is 22.4. The molecule has 1 fully saturated rings. The van der Waals surface area contributed by atoms with E-state index < -0.39 is 0 Å². The number of nitrogens with zero attached hydrogens (tertiary/aromatic N) is 3. The van der Waals surface area contributed by atoms with E-state index in [0.717, 1.165) is 57.2 Å². The maximum atomic E-state index is 7.07. The molecule has 10 aromatic rings. The lowest BCUT2D eigenvalue weighted by Gasteiger charge is -2.51. The largest absolute Gasteiger partial charge is 0.454 e. The molecule has 6 heterocycles. The van der Waals surface area contributed by atoms with Crippen molar-refractivity contribution in [3.05, 3.63) is 150 Å². The standard InChI is InChI=1S/C60H54BN3O2/c1-57(2,3)35-26-28-45-42(31-35)59(7)29-13-14-30-60(59,8)64(45)37-33-48-53-49(34-37)63-54-41(52-40-18-10-12-24-51(40)66-56(52)63)20-15-21-44(54)61(53)43-27-25-36(58(4,5)6)32-47(43)62(48)46-22-16-19-39-38-17-9-11-23-50(38)65-55(39)46/h9-12,15-28,31-34H,13-14,29-30H2,1-8H3. The van der Waals surface area contributed by atoms with E-state index in [0.29, 0.717) is 0 Å². The molecule has 0 spiro atoms. The highest BCUT2D eigenvalue weighted by Gasteiger charge is 2.58. The molecule has 7 aromatic carbocycles. The normalized spacial score (nSPS) is 19.9. The van der Waals surface area contributed by atoms with Gasteiger partial charge in [-0.1, -0.05) is 152 Å². The molecule has 4 aliphatic rings. The molecule has 1 aliphatic carbocycles. The third-order valence-electron chi connectivity index (χ3n) is 16.8. The Morgan fingerprint density at radius 3 is 2.02 bits per heavy atom. The van der Waals surface area contributed by atoms with E-state index in [4.69, 9.17) is 8.83 Å². The third-order valence-corrected chi connectivity index (χ3v) is 16.8. The fourth-order valence-corrected chi connectivity index (χ4v) is 13.3. The Morgan fingerprint density at radius 2 is 1.21 bits per heavy atom. The summed E-state index contributed by atoms with van der Waals surface area (Å²) in [7, 11) is 0. The van der Waals surface area contributed by atoms with Crippen molar-refractivity contribution in [2.45, 2.75) is 103 Å². The molecule has 3 aliphatic heterocycles. The monoisotopic (exact) mass is 859 g/mol. The van der Waals surface area contributed by atoms with E-state index in [2.05, 4.69) is 203 Å². The Balaban J connectivity index is 1.15. The molecule has 0 radical (unpaired) electrons. The van der Waals surface area contributed by atoms with Crippen molar-refractivity contribution in [3.63, 3.8) is 0 Å². The number of rotatable bonds is 2. The molecule has 0 N–H and O–H groups in total. The van der Waals surface area contributed by atoms with Crippen LogP contribution in [0.25, 0.3) is 60.6 Å². The Kier molecular flexibility index (Phi) is 7.38. The lowest BCUT2D eigenvalue weighted by Crippen LogP contribution is -2.60. The predicted octanol–water partition coefficient (Wildman–Crippen LogP) is 14.4. The van der Waals surface area contributed by atoms with Gasteiger partial charge in [0.1, 0.15) is 11.2 Å². The maximum absolute atomic E-state index is 7.07. The molecular weight excluding hydrogens is 805 g/mol. The van der Waals surface area contributed by atoms with Gasteiger partial charge in [-0.05, 0) is 106 Å². The molecule has 66 heavy (non-hydrogen) atoms. The van der Waals surface area contributed by atoms with Crippen molar-refractivity contribution in [1.82, 2.24) is 4.57 Å². The van der Waals surface area contributed by atoms with Crippen LogP contribution in [-0.4, -0.2) is 16.8 Å². The van der Waals surface area contributed by atoms with Crippen molar-refractivity contribution < 1.29 is 8.83 Å². The van der Waals surface area contributed by atoms with Gasteiger partial charge in [-0.15, -0.1) is 0 Å². The Labute approximate surface area is 386 Å². The SMILES string of the molecule is CC(C)(C)c1ccc2c(c1)N(c1cccc3c1oc1ccccc13)c1cc(N3c4ccc(C(C)(C)C)cc4C4(C)CCCCC34C)cc3c1B2c1cccc2c4c5ccccc5oc4n-3c12. The van der Waals surface area contributed by atoms with Crippen molar-refractivity contribution in [2.75, 3.05) is 9.80 Å². The zero-order chi connectivity index (χ0) is 44.8. The van der Waals surface area contributed by atoms with Gasteiger partial charge in [-0.3, -0.25) is 4.57 Å². The number of aromatic nitrogens is 1. The number of hydrogen-bond acceptors (Lipinski definition) is 4. The second kappa shape index (κ2) is 12.6. The molecule has 2 unspecified atom stereocenters. The van der Waals surface area contributed by atoms with Gasteiger partial charge in [0.15, 0.2) is 5.58 Å². The van der Waals surface area contributed by atoms with Gasteiger partial charge < -0.3 is 18.6 Å². The summed E-state index contributed by atoms with van der Waals surface area (Å²) in [6, 6.07) is 50.5. The lowest BCUT2D eigenvalue weighted by atomic mass is 9.33. The molecule has 1 saturated carbocycles. The molecule has 0 amide bonds. The minimum absolute atomic E-state index is 0.0172. The maximum Gasteiger partial charge on any atom is 0.252 e. The van der Waals surface area contributed by atoms with E-state index in [1.165, 1.54) is 90.6 Å². The zero-order valence-corrected chi connectivity index (χ0v) is 39.3. The highest BCUT2D eigenvalue weighted by molar-refractivity contribution is 7.00. The van der Waals surface area contributed by atoms with Crippen molar-refractivity contribution >= 4 is 106 Å². The van der Waals surface area contributed by atoms with E-state index >= 15 is 0 Å². The minimum atomic E-state index is -0.159. The molecule has 14 rings (SSSR count). The highest BCUT2D eigenvalue weighted by atomic mass is 16.3. The summed E-state index contributed by atoms with van der Waals surface area (Å²) in [4.78, 5) is 5.35. The number of para-hydroxylation sites is 4. The van der Waals surface area contributed by atoms with Crippen LogP contribution in [0.3, 0.4) is 0 Å². The average molecular weight is 860 g/mol. The van der Waals surface area contributed by atoms with Crippen LogP contribution in [-0.2, 0) is 16.2 Å². The van der Waals surface area contributed by atoms with Crippen molar-refractivity contribution in [3.8, 4) is 5.69 Å². The molecule has 0 saturated heterocycles. The van der Waals surface area contributed by atoms with Gasteiger partial charge in [0.05, 0.1) is 22.1 Å². The number of furan rings is 2. The quantitative estimate of drug-likeness (QED) is 0.162. The summed E-state index contributed by atoms with van der Waals surface area (Å²) >= 11 is 0. The van der Waals surface area contributed by atoms with Crippen LogP contribution in [0.1, 0.15) is 97.8 Å². The Morgan fingerprint density at radius 1 is 0.545 bits per heavy atom. The van der Waals surface area contributed by atoms with Crippen LogP contribution < -0.4 is 26.2 Å². The summed E-state index contributed by atoms with van der Waals surface area (Å²) in [5.74, 6) is 0. The summed E-state index contributed by atoms with van der Waals surface area (Å²) < 4.78 is 16.5. The van der Waals surface area contributed by atoms with Gasteiger partial charge in [0.25, 0.3) is 6.71 Å². The van der Waals surface area contributed by atoms with E-state index in [9.17, 15) is 0 Å². The van der Waals surface area contributed by atoms with Gasteiger partial charge in [-0.25, -0.2) is 0 Å². The first kappa shape index (κ1) is 38.6. The first-order valence-corrected chi connectivity index (χ1v) is 24.2. The second-order valence-electron chi connectivity index (χ2n) is 22.4. The van der Waals surface area contributed by atoms with Crippen LogP contribution >= 0.6 is 0 Å². The van der Waals surface area contributed by atoms with Gasteiger partial charge >= 0.3 is 0 Å². The molecule has 0 bridgehead atoms. The summed E-state index contributed by atoms with van der Waals surface area (Å²) in [5.41, 5.74) is 19.9. The van der Waals surface area contributed by atoms with E-state index in [-0.39, 0.29) is 28.5 Å². The predicted molar refractivity (Wildman–Crippen MR) is 277 cm³/mol. The number of fused-ring (bicyclic) bond motifs is 15. The Bertz CT molecular complexity index is 3760. The van der Waals surface area contributed by atoms with Crippen LogP contribution in [0, 0.1) is 0 Å². The number of benzene rings is 7. The van der Waals surface area contributed by atoms with Crippen LogP contribution in [0.4, 0.5) is 28.4 Å². The molecular formula is C60H54BN3O2. The minimum Gasteiger partial charge on any atom is -0.454 e. The Hall–Kier alpha value is -6.66. The molecule has 324 valence electrons. The van der Waals surface area contributed by atoms with Crippen molar-refractivity contribution in [2.24, 2.45) is 0 Å². The summed E-state index contributed by atoms with van der Waals surface area (Å²) in [6.45, 7) is 19.2. The third kappa shape index (κ3) is 4.77.